The van der Waals surface area contributed by atoms with E-state index in [1.165, 1.54) is 42.3 Å². The van der Waals surface area contributed by atoms with Gasteiger partial charge >= 0.3 is 0 Å². The van der Waals surface area contributed by atoms with Crippen LogP contribution >= 0.6 is 34.8 Å². The summed E-state index contributed by atoms with van der Waals surface area (Å²) in [5.74, 6) is -0.526. The average molecular weight is 695 g/mol. The van der Waals surface area contributed by atoms with Gasteiger partial charge in [-0.05, 0) is 74.2 Å². The number of ether oxygens (including phenoxy) is 1. The normalized spacial score (nSPS) is 14.4. The van der Waals surface area contributed by atoms with Crippen LogP contribution in [-0.4, -0.2) is 50.9 Å². The van der Waals surface area contributed by atoms with Gasteiger partial charge in [0, 0.05) is 22.6 Å². The molecule has 242 valence electrons. The third-order valence-electron chi connectivity index (χ3n) is 8.00. The summed E-state index contributed by atoms with van der Waals surface area (Å²) in [6, 6.07) is 14.9. The van der Waals surface area contributed by atoms with Gasteiger partial charge in [-0.15, -0.1) is 0 Å². The number of rotatable bonds is 12. The van der Waals surface area contributed by atoms with Gasteiger partial charge in [-0.3, -0.25) is 13.9 Å². The Hall–Kier alpha value is -2.98. The van der Waals surface area contributed by atoms with Crippen molar-refractivity contribution in [1.82, 2.24) is 10.2 Å². The predicted molar refractivity (Wildman–Crippen MR) is 180 cm³/mol. The summed E-state index contributed by atoms with van der Waals surface area (Å²) in [7, 11) is -2.80. The lowest BCUT2D eigenvalue weighted by Crippen LogP contribution is -2.54. The Morgan fingerprint density at radius 1 is 0.956 bits per heavy atom. The average Bonchev–Trinajstić information content (AvgIpc) is 3.01. The van der Waals surface area contributed by atoms with E-state index in [-0.39, 0.29) is 34.1 Å². The molecule has 8 nitrogen and oxygen atoms in total. The molecule has 1 N–H and O–H groups in total. The molecule has 1 saturated carbocycles. The largest absolute Gasteiger partial charge is 0.495 e. The number of anilines is 1. The van der Waals surface area contributed by atoms with Gasteiger partial charge in [-0.25, -0.2) is 8.42 Å². The highest BCUT2D eigenvalue weighted by Crippen LogP contribution is 2.33. The second kappa shape index (κ2) is 15.5. The lowest BCUT2D eigenvalue weighted by molar-refractivity contribution is -0.140. The molecule has 4 rings (SSSR count). The van der Waals surface area contributed by atoms with E-state index < -0.39 is 28.5 Å². The Morgan fingerprint density at radius 3 is 2.24 bits per heavy atom. The number of halogens is 3. The zero-order chi connectivity index (χ0) is 32.7. The number of benzene rings is 3. The second-order valence-electron chi connectivity index (χ2n) is 11.2. The Labute approximate surface area is 280 Å². The van der Waals surface area contributed by atoms with Crippen LogP contribution in [0, 0.1) is 6.92 Å². The van der Waals surface area contributed by atoms with E-state index in [9.17, 15) is 18.0 Å². The summed E-state index contributed by atoms with van der Waals surface area (Å²) in [6.07, 6.45) is 5.24. The molecular formula is C33H38Cl3N3O5S. The maximum absolute atomic E-state index is 14.4. The van der Waals surface area contributed by atoms with Gasteiger partial charge in [-0.2, -0.15) is 0 Å². The fourth-order valence-corrected chi connectivity index (χ4v) is 7.60. The van der Waals surface area contributed by atoms with Crippen LogP contribution in [0.25, 0.3) is 0 Å². The highest BCUT2D eigenvalue weighted by atomic mass is 35.5. The number of sulfonamides is 1. The number of aryl methyl sites for hydroxylation is 1. The van der Waals surface area contributed by atoms with E-state index in [0.717, 1.165) is 42.0 Å². The lowest BCUT2D eigenvalue weighted by atomic mass is 9.95. The molecule has 0 radical (unpaired) electrons. The minimum atomic E-state index is -4.26. The number of amides is 2. The van der Waals surface area contributed by atoms with Crippen LogP contribution < -0.4 is 14.4 Å². The molecule has 0 aliphatic heterocycles. The van der Waals surface area contributed by atoms with Crippen molar-refractivity contribution in [3.63, 3.8) is 0 Å². The molecule has 0 aromatic heterocycles. The maximum Gasteiger partial charge on any atom is 0.264 e. The van der Waals surface area contributed by atoms with Gasteiger partial charge in [0.1, 0.15) is 18.3 Å². The highest BCUT2D eigenvalue weighted by Gasteiger charge is 2.35. The minimum absolute atomic E-state index is 0.00205. The summed E-state index contributed by atoms with van der Waals surface area (Å²) < 4.78 is 34.5. The van der Waals surface area contributed by atoms with Gasteiger partial charge in [-0.1, -0.05) is 84.8 Å². The Bertz CT molecular complexity index is 1610. The SMILES string of the molecule is CCC(C(=O)NC1CCCCC1)N(Cc1ccc(Cl)cc1Cl)C(=O)CN(c1ccc(OC)c(Cl)c1)S(=O)(=O)c1ccc(C)cc1. The Kier molecular flexibility index (Phi) is 12.0. The molecule has 1 unspecified atom stereocenters. The molecular weight excluding hydrogens is 657 g/mol. The number of methoxy groups -OCH3 is 1. The maximum atomic E-state index is 14.4. The quantitative estimate of drug-likeness (QED) is 0.213. The van der Waals surface area contributed by atoms with Crippen molar-refractivity contribution in [2.24, 2.45) is 0 Å². The van der Waals surface area contributed by atoms with Gasteiger partial charge in [0.05, 0.1) is 22.7 Å². The monoisotopic (exact) mass is 693 g/mol. The standard InChI is InChI=1S/C33H38Cl3N3O5S/c1-4-30(33(41)37-25-8-6-5-7-9-25)38(20-23-12-13-24(34)18-28(23)35)32(40)21-39(26-14-17-31(44-3)29(36)19-26)45(42,43)27-15-10-22(2)11-16-27/h10-19,25,30H,4-9,20-21H2,1-3H3,(H,37,41). The van der Waals surface area contributed by atoms with E-state index in [1.54, 1.807) is 30.3 Å². The fraction of sp³-hybridized carbons (Fsp3) is 0.394. The molecule has 0 saturated heterocycles. The van der Waals surface area contributed by atoms with E-state index in [2.05, 4.69) is 5.32 Å². The molecule has 1 atom stereocenters. The number of hydrogen-bond donors (Lipinski definition) is 1. The van der Waals surface area contributed by atoms with Crippen LogP contribution in [0.15, 0.2) is 65.6 Å². The van der Waals surface area contributed by atoms with Crippen molar-refractivity contribution in [2.45, 2.75) is 75.9 Å². The molecule has 0 spiro atoms. The molecule has 0 bridgehead atoms. The fourth-order valence-electron chi connectivity index (χ4n) is 5.47. The van der Waals surface area contributed by atoms with E-state index in [0.29, 0.717) is 27.8 Å². The number of hydrogen-bond acceptors (Lipinski definition) is 5. The molecule has 1 fully saturated rings. The van der Waals surface area contributed by atoms with Crippen LogP contribution in [0.5, 0.6) is 5.75 Å². The lowest BCUT2D eigenvalue weighted by Gasteiger charge is -2.34. The highest BCUT2D eigenvalue weighted by molar-refractivity contribution is 7.92. The third-order valence-corrected chi connectivity index (χ3v) is 10.7. The predicted octanol–water partition coefficient (Wildman–Crippen LogP) is 7.42. The van der Waals surface area contributed by atoms with E-state index >= 15 is 0 Å². The van der Waals surface area contributed by atoms with E-state index in [1.807, 2.05) is 13.8 Å². The zero-order valence-electron chi connectivity index (χ0n) is 25.6. The molecule has 3 aromatic rings. The second-order valence-corrected chi connectivity index (χ2v) is 14.3. The van der Waals surface area contributed by atoms with Crippen LogP contribution in [0.1, 0.15) is 56.6 Å². The van der Waals surface area contributed by atoms with E-state index in [4.69, 9.17) is 39.5 Å². The van der Waals surface area contributed by atoms with Crippen molar-refractivity contribution >= 4 is 62.3 Å². The third kappa shape index (κ3) is 8.64. The molecule has 1 aliphatic rings. The Morgan fingerprint density at radius 2 is 1.64 bits per heavy atom. The number of nitrogens with zero attached hydrogens (tertiary/aromatic N) is 2. The van der Waals surface area contributed by atoms with Crippen LogP contribution in [-0.2, 0) is 26.2 Å². The first-order valence-electron chi connectivity index (χ1n) is 14.9. The van der Waals surface area contributed by atoms with Gasteiger partial charge in [0.15, 0.2) is 0 Å². The molecule has 1 aliphatic carbocycles. The minimum Gasteiger partial charge on any atom is -0.495 e. The van der Waals surface area contributed by atoms with Crippen molar-refractivity contribution in [3.8, 4) is 5.75 Å². The smallest absolute Gasteiger partial charge is 0.264 e. The first kappa shape index (κ1) is 34.9. The van der Waals surface area contributed by atoms with Crippen molar-refractivity contribution in [3.05, 3.63) is 86.9 Å². The molecule has 0 heterocycles. The summed E-state index contributed by atoms with van der Waals surface area (Å²) >= 11 is 19.1. The van der Waals surface area contributed by atoms with Gasteiger partial charge in [0.2, 0.25) is 11.8 Å². The van der Waals surface area contributed by atoms with Gasteiger partial charge < -0.3 is 15.0 Å². The van der Waals surface area contributed by atoms with Crippen molar-refractivity contribution < 1.29 is 22.7 Å². The summed E-state index contributed by atoms with van der Waals surface area (Å²) in [5.41, 5.74) is 1.61. The zero-order valence-corrected chi connectivity index (χ0v) is 28.6. The van der Waals surface area contributed by atoms with Crippen molar-refractivity contribution in [2.75, 3.05) is 18.0 Å². The van der Waals surface area contributed by atoms with Crippen molar-refractivity contribution in [1.29, 1.82) is 0 Å². The van der Waals surface area contributed by atoms with Gasteiger partial charge in [0.25, 0.3) is 10.0 Å². The Balaban J connectivity index is 1.75. The molecule has 2 amide bonds. The van der Waals surface area contributed by atoms with Crippen LogP contribution in [0.2, 0.25) is 15.1 Å². The molecule has 3 aromatic carbocycles. The first-order chi connectivity index (χ1) is 21.4. The number of nitrogens with one attached hydrogen (secondary N) is 1. The number of carbonyl (C=O) groups is 2. The van der Waals surface area contributed by atoms with Crippen LogP contribution in [0.4, 0.5) is 5.69 Å². The summed E-state index contributed by atoms with van der Waals surface area (Å²) in [6.45, 7) is 3.04. The van der Waals surface area contributed by atoms with Crippen LogP contribution in [0.3, 0.4) is 0 Å². The topological polar surface area (TPSA) is 96.0 Å². The summed E-state index contributed by atoms with van der Waals surface area (Å²) in [4.78, 5) is 29.5. The number of carbonyl (C=O) groups excluding carboxylic acids is 2. The molecule has 45 heavy (non-hydrogen) atoms. The first-order valence-corrected chi connectivity index (χ1v) is 17.5. The summed E-state index contributed by atoms with van der Waals surface area (Å²) in [5, 5.41) is 4.06. The molecule has 12 heteroatoms.